The molecule has 0 aromatic heterocycles. The quantitative estimate of drug-likeness (QED) is 0.607. The molecule has 2 rings (SSSR count). The summed E-state index contributed by atoms with van der Waals surface area (Å²) in [5.41, 5.74) is 6.40. The lowest BCUT2D eigenvalue weighted by Gasteiger charge is -2.25. The summed E-state index contributed by atoms with van der Waals surface area (Å²) in [5, 5.41) is 0. The summed E-state index contributed by atoms with van der Waals surface area (Å²) >= 11 is 0. The summed E-state index contributed by atoms with van der Waals surface area (Å²) in [6.07, 6.45) is -0.155. The van der Waals surface area contributed by atoms with Crippen LogP contribution in [0.4, 0.5) is 5.69 Å². The molecule has 1 fully saturated rings. The number of anilines is 1. The van der Waals surface area contributed by atoms with Crippen molar-refractivity contribution in [3.63, 3.8) is 0 Å². The van der Waals surface area contributed by atoms with Crippen LogP contribution in [0.1, 0.15) is 10.4 Å². The van der Waals surface area contributed by atoms with Crippen LogP contribution in [0, 0.1) is 0 Å². The average Bonchev–Trinajstić information content (AvgIpc) is 2.24. The zero-order valence-corrected chi connectivity index (χ0v) is 8.93. The molecule has 1 aromatic carbocycles. The van der Waals surface area contributed by atoms with Crippen molar-refractivity contribution in [1.29, 1.82) is 0 Å². The molecule has 0 bridgehead atoms. The van der Waals surface area contributed by atoms with E-state index in [0.29, 0.717) is 30.2 Å². The highest BCUT2D eigenvalue weighted by molar-refractivity contribution is 5.95. The van der Waals surface area contributed by atoms with E-state index < -0.39 is 5.97 Å². The molecule has 86 valence electrons. The van der Waals surface area contributed by atoms with E-state index in [4.69, 9.17) is 19.9 Å². The van der Waals surface area contributed by atoms with E-state index in [0.717, 1.165) is 0 Å². The van der Waals surface area contributed by atoms with Crippen LogP contribution in [0.2, 0.25) is 0 Å². The molecule has 5 nitrogen and oxygen atoms in total. The molecule has 0 unspecified atom stereocenters. The van der Waals surface area contributed by atoms with Gasteiger partial charge < -0.3 is 19.9 Å². The maximum Gasteiger partial charge on any atom is 0.340 e. The number of hydrogen-bond acceptors (Lipinski definition) is 5. The predicted octanol–water partition coefficient (Wildman–Crippen LogP) is 0.833. The zero-order valence-electron chi connectivity index (χ0n) is 8.93. The van der Waals surface area contributed by atoms with Gasteiger partial charge in [0.15, 0.2) is 0 Å². The Morgan fingerprint density at radius 3 is 2.81 bits per heavy atom. The minimum atomic E-state index is -0.440. The number of ether oxygens (including phenoxy) is 3. The fourth-order valence-corrected chi connectivity index (χ4v) is 1.34. The Morgan fingerprint density at radius 1 is 1.50 bits per heavy atom. The van der Waals surface area contributed by atoms with Crippen molar-refractivity contribution in [3.8, 4) is 5.75 Å². The Kier molecular flexibility index (Phi) is 2.96. The highest BCUT2D eigenvalue weighted by Gasteiger charge is 2.24. The number of benzene rings is 1. The lowest BCUT2D eigenvalue weighted by molar-refractivity contribution is -0.103. The summed E-state index contributed by atoms with van der Waals surface area (Å²) in [6.45, 7) is 0.908. The van der Waals surface area contributed by atoms with Gasteiger partial charge >= 0.3 is 5.97 Å². The molecule has 1 aromatic rings. The number of hydrogen-bond donors (Lipinski definition) is 1. The summed E-state index contributed by atoms with van der Waals surface area (Å²) in [6, 6.07) is 4.88. The summed E-state index contributed by atoms with van der Waals surface area (Å²) in [5.74, 6) is 0.135. The van der Waals surface area contributed by atoms with E-state index in [9.17, 15) is 4.79 Å². The van der Waals surface area contributed by atoms with Gasteiger partial charge in [-0.15, -0.1) is 0 Å². The number of carbonyl (C=O) groups is 1. The van der Waals surface area contributed by atoms with Gasteiger partial charge in [-0.2, -0.15) is 0 Å². The van der Waals surface area contributed by atoms with Crippen molar-refractivity contribution in [2.45, 2.75) is 6.10 Å². The molecule has 1 saturated heterocycles. The Bertz CT molecular complexity index is 401. The average molecular weight is 223 g/mol. The van der Waals surface area contributed by atoms with Crippen LogP contribution in [0.3, 0.4) is 0 Å². The van der Waals surface area contributed by atoms with Crippen molar-refractivity contribution in [3.05, 3.63) is 23.8 Å². The largest absolute Gasteiger partial charge is 0.497 e. The molecule has 0 aliphatic carbocycles. The first-order chi connectivity index (χ1) is 7.70. The van der Waals surface area contributed by atoms with E-state index in [1.807, 2.05) is 0 Å². The Labute approximate surface area is 93.1 Å². The number of nitrogens with two attached hydrogens (primary N) is 1. The fraction of sp³-hybridized carbons (Fsp3) is 0.364. The zero-order chi connectivity index (χ0) is 11.5. The topological polar surface area (TPSA) is 70.8 Å². The minimum absolute atomic E-state index is 0.155. The third-order valence-corrected chi connectivity index (χ3v) is 2.36. The minimum Gasteiger partial charge on any atom is -0.497 e. The lowest BCUT2D eigenvalue weighted by Crippen LogP contribution is -2.37. The molecule has 0 atom stereocenters. The van der Waals surface area contributed by atoms with Crippen LogP contribution in [0.5, 0.6) is 5.75 Å². The monoisotopic (exact) mass is 223 g/mol. The van der Waals surface area contributed by atoms with Crippen LogP contribution < -0.4 is 10.5 Å². The first-order valence-corrected chi connectivity index (χ1v) is 4.93. The SMILES string of the molecule is COc1ccc(N)c(C(=O)OC2COC2)c1. The van der Waals surface area contributed by atoms with Crippen LogP contribution >= 0.6 is 0 Å². The third kappa shape index (κ3) is 2.09. The number of rotatable bonds is 3. The van der Waals surface area contributed by atoms with Crippen molar-refractivity contribution >= 4 is 11.7 Å². The van der Waals surface area contributed by atoms with Gasteiger partial charge in [-0.1, -0.05) is 0 Å². The smallest absolute Gasteiger partial charge is 0.340 e. The molecule has 5 heteroatoms. The Hall–Kier alpha value is -1.75. The standard InChI is InChI=1S/C11H13NO4/c1-14-7-2-3-10(12)9(4-7)11(13)16-8-5-15-6-8/h2-4,8H,5-6,12H2,1H3. The molecule has 1 heterocycles. The second kappa shape index (κ2) is 4.40. The van der Waals surface area contributed by atoms with Gasteiger partial charge in [0.2, 0.25) is 0 Å². The van der Waals surface area contributed by atoms with Gasteiger partial charge in [0.05, 0.1) is 25.9 Å². The van der Waals surface area contributed by atoms with E-state index in [1.54, 1.807) is 18.2 Å². The van der Waals surface area contributed by atoms with Crippen molar-refractivity contribution in [1.82, 2.24) is 0 Å². The second-order valence-corrected chi connectivity index (χ2v) is 3.52. The summed E-state index contributed by atoms with van der Waals surface area (Å²) in [7, 11) is 1.53. The number of nitrogen functional groups attached to an aromatic ring is 1. The number of methoxy groups -OCH3 is 1. The Balaban J connectivity index is 2.13. The molecular weight excluding hydrogens is 210 g/mol. The molecule has 0 radical (unpaired) electrons. The van der Waals surface area contributed by atoms with Crippen molar-refractivity contribution in [2.75, 3.05) is 26.1 Å². The molecule has 0 saturated carbocycles. The van der Waals surface area contributed by atoms with Crippen LogP contribution in [-0.2, 0) is 9.47 Å². The fourth-order valence-electron chi connectivity index (χ4n) is 1.34. The van der Waals surface area contributed by atoms with Gasteiger partial charge in [-0.3, -0.25) is 0 Å². The van der Waals surface area contributed by atoms with Gasteiger partial charge in [0.25, 0.3) is 0 Å². The van der Waals surface area contributed by atoms with Crippen molar-refractivity contribution < 1.29 is 19.0 Å². The van der Waals surface area contributed by atoms with Crippen molar-refractivity contribution in [2.24, 2.45) is 0 Å². The molecule has 0 spiro atoms. The molecule has 1 aliphatic heterocycles. The number of carbonyl (C=O) groups excluding carboxylic acids is 1. The third-order valence-electron chi connectivity index (χ3n) is 2.36. The van der Waals surface area contributed by atoms with E-state index >= 15 is 0 Å². The summed E-state index contributed by atoms with van der Waals surface area (Å²) in [4.78, 5) is 11.7. The summed E-state index contributed by atoms with van der Waals surface area (Å²) < 4.78 is 15.1. The molecule has 1 aliphatic rings. The highest BCUT2D eigenvalue weighted by atomic mass is 16.6. The van der Waals surface area contributed by atoms with Crippen LogP contribution in [-0.4, -0.2) is 32.4 Å². The van der Waals surface area contributed by atoms with Gasteiger partial charge in [0.1, 0.15) is 11.9 Å². The molecule has 2 N–H and O–H groups in total. The van der Waals surface area contributed by atoms with E-state index in [-0.39, 0.29) is 6.10 Å². The molecular formula is C11H13NO4. The Morgan fingerprint density at radius 2 is 2.25 bits per heavy atom. The normalized spacial score (nSPS) is 15.3. The van der Waals surface area contributed by atoms with E-state index in [1.165, 1.54) is 7.11 Å². The predicted molar refractivity (Wildman–Crippen MR) is 57.4 cm³/mol. The van der Waals surface area contributed by atoms with Crippen LogP contribution in [0.25, 0.3) is 0 Å². The van der Waals surface area contributed by atoms with Gasteiger partial charge in [-0.05, 0) is 18.2 Å². The second-order valence-electron chi connectivity index (χ2n) is 3.52. The van der Waals surface area contributed by atoms with E-state index in [2.05, 4.69) is 0 Å². The maximum absolute atomic E-state index is 11.7. The van der Waals surface area contributed by atoms with Crippen LogP contribution in [0.15, 0.2) is 18.2 Å². The van der Waals surface area contributed by atoms with Gasteiger partial charge in [-0.25, -0.2) is 4.79 Å². The first-order valence-electron chi connectivity index (χ1n) is 4.93. The highest BCUT2D eigenvalue weighted by Crippen LogP contribution is 2.21. The lowest BCUT2D eigenvalue weighted by atomic mass is 10.1. The molecule has 0 amide bonds. The number of esters is 1. The first kappa shape index (κ1) is 10.8. The maximum atomic E-state index is 11.7. The van der Waals surface area contributed by atoms with Gasteiger partial charge in [0, 0.05) is 5.69 Å². The molecule has 16 heavy (non-hydrogen) atoms.